The van der Waals surface area contributed by atoms with Gasteiger partial charge in [-0.25, -0.2) is 9.80 Å². The van der Waals surface area contributed by atoms with Crippen LogP contribution in [0.15, 0.2) is 12.3 Å². The van der Waals surface area contributed by atoms with Gasteiger partial charge >= 0.3 is 0 Å². The molecule has 0 atom stereocenters. The van der Waals surface area contributed by atoms with E-state index in [2.05, 4.69) is 33.3 Å². The van der Waals surface area contributed by atoms with Crippen molar-refractivity contribution in [3.8, 4) is 0 Å². The molecule has 5 heteroatoms. The van der Waals surface area contributed by atoms with E-state index in [0.29, 0.717) is 15.7 Å². The molecule has 0 amide bonds. The Morgan fingerprint density at radius 3 is 1.73 bits per heavy atom. The van der Waals surface area contributed by atoms with Gasteiger partial charge in [0.15, 0.2) is 12.2 Å². The minimum Gasteiger partial charge on any atom is -0.212 e. The molecule has 5 nitrogen and oxygen atoms in total. The van der Waals surface area contributed by atoms with Crippen molar-refractivity contribution < 1.29 is 19.0 Å². The summed E-state index contributed by atoms with van der Waals surface area (Å²) in [6.45, 7) is 4.57. The van der Waals surface area contributed by atoms with Crippen molar-refractivity contribution in [1.29, 1.82) is 0 Å². The van der Waals surface area contributed by atoms with Gasteiger partial charge in [-0.05, 0) is 12.1 Å². The molecule has 2 N–H and O–H groups in total. The lowest BCUT2D eigenvalue weighted by molar-refractivity contribution is -1.14. The van der Waals surface area contributed by atoms with E-state index in [9.17, 15) is 5.21 Å². The number of quaternary nitrogens is 3. The van der Waals surface area contributed by atoms with Crippen LogP contribution in [-0.2, 0) is 0 Å². The topological polar surface area (TPSA) is 32.3 Å². The van der Waals surface area contributed by atoms with Gasteiger partial charge in [0.25, 0.3) is 0 Å². The Labute approximate surface area is 93.5 Å². The zero-order valence-electron chi connectivity index (χ0n) is 11.2. The van der Waals surface area contributed by atoms with Gasteiger partial charge < -0.3 is 0 Å². The van der Waals surface area contributed by atoms with Gasteiger partial charge in [0.2, 0.25) is 0 Å². The Bertz CT molecular complexity index is 235. The van der Waals surface area contributed by atoms with Crippen LogP contribution in [0.25, 0.3) is 0 Å². The fraction of sp³-hybridized carbons (Fsp3) is 0.800. The fourth-order valence-corrected chi connectivity index (χ4v) is 1.48. The molecule has 0 fully saturated rings. The Hall–Kier alpha value is -0.460. The first-order valence-electron chi connectivity index (χ1n) is 5.02. The molecule has 0 aliphatic rings. The SMILES string of the molecule is C=C(C[N+](C)(C)N[N+](C)(C)C)[N+](C)(C)O. The summed E-state index contributed by atoms with van der Waals surface area (Å²) < 4.78 is 1.03. The minimum absolute atomic E-state index is 0.194. The van der Waals surface area contributed by atoms with Crippen LogP contribution in [0, 0.1) is 0 Å². The molecule has 0 saturated heterocycles. The summed E-state index contributed by atoms with van der Waals surface area (Å²) in [6, 6.07) is 0. The Balaban J connectivity index is 4.46. The number of hydroxylamine groups is 3. The van der Waals surface area contributed by atoms with Crippen molar-refractivity contribution >= 4 is 0 Å². The molecule has 0 aromatic rings. The van der Waals surface area contributed by atoms with Gasteiger partial charge in [0.1, 0.15) is 14.1 Å². The highest BCUT2D eigenvalue weighted by Crippen LogP contribution is 2.09. The van der Waals surface area contributed by atoms with Crippen LogP contribution >= 0.6 is 0 Å². The van der Waals surface area contributed by atoms with Gasteiger partial charge in [-0.2, -0.15) is 9.24 Å². The second kappa shape index (κ2) is 4.19. The van der Waals surface area contributed by atoms with Crippen molar-refractivity contribution in [3.05, 3.63) is 12.3 Å². The summed E-state index contributed by atoms with van der Waals surface area (Å²) in [4.78, 5) is 0. The average molecular weight is 219 g/mol. The minimum atomic E-state index is -0.194. The van der Waals surface area contributed by atoms with Crippen molar-refractivity contribution in [3.63, 3.8) is 0 Å². The zero-order chi connectivity index (χ0) is 12.5. The molecule has 0 bridgehead atoms. The van der Waals surface area contributed by atoms with E-state index < -0.39 is 0 Å². The first kappa shape index (κ1) is 14.5. The highest BCUT2D eigenvalue weighted by Gasteiger charge is 2.30. The van der Waals surface area contributed by atoms with E-state index in [1.54, 1.807) is 14.1 Å². The number of likely N-dealkylation sites (N-methyl/N-ethyl adjacent to an activating group) is 2. The summed E-state index contributed by atoms with van der Waals surface area (Å²) in [5.74, 6) is 0. The molecular formula is C10H27N4O+3. The smallest absolute Gasteiger partial charge is 0.191 e. The molecule has 0 heterocycles. The van der Waals surface area contributed by atoms with Crippen LogP contribution in [0.3, 0.4) is 0 Å². The largest absolute Gasteiger partial charge is 0.212 e. The monoisotopic (exact) mass is 219 g/mol. The van der Waals surface area contributed by atoms with Crippen LogP contribution in [0.5, 0.6) is 0 Å². The Morgan fingerprint density at radius 1 is 1.07 bits per heavy atom. The predicted octanol–water partition coefficient (Wildman–Crippen LogP) is 0.168. The Kier molecular flexibility index (Phi) is 4.06. The maximum Gasteiger partial charge on any atom is 0.191 e. The number of nitrogens with zero attached hydrogens (tertiary/aromatic N) is 3. The van der Waals surface area contributed by atoms with Crippen LogP contribution < -0.4 is 5.53 Å². The average Bonchev–Trinajstić information content (AvgIpc) is 1.76. The fourth-order valence-electron chi connectivity index (χ4n) is 1.48. The quantitative estimate of drug-likeness (QED) is 0.510. The maximum atomic E-state index is 9.74. The van der Waals surface area contributed by atoms with Crippen LogP contribution in [0.4, 0.5) is 0 Å². The van der Waals surface area contributed by atoms with E-state index >= 15 is 0 Å². The second-order valence-corrected chi connectivity index (χ2v) is 5.92. The van der Waals surface area contributed by atoms with Gasteiger partial charge in [-0.3, -0.25) is 0 Å². The number of rotatable bonds is 5. The van der Waals surface area contributed by atoms with E-state index in [1.807, 2.05) is 14.1 Å². The zero-order valence-corrected chi connectivity index (χ0v) is 11.2. The summed E-state index contributed by atoms with van der Waals surface area (Å²) in [6.07, 6.45) is 0. The Morgan fingerprint density at radius 2 is 1.47 bits per heavy atom. The van der Waals surface area contributed by atoms with Crippen molar-refractivity contribution in [2.75, 3.05) is 55.9 Å². The maximum absolute atomic E-state index is 9.74. The third-order valence-electron chi connectivity index (χ3n) is 1.92. The summed E-state index contributed by atoms with van der Waals surface area (Å²) in [5, 5.41) is 9.74. The van der Waals surface area contributed by atoms with E-state index in [4.69, 9.17) is 0 Å². The molecular weight excluding hydrogens is 192 g/mol. The van der Waals surface area contributed by atoms with E-state index in [1.165, 1.54) is 0 Å². The molecule has 0 saturated carbocycles. The number of nitrogens with one attached hydrogen (secondary N) is 1. The summed E-state index contributed by atoms with van der Waals surface area (Å²) in [7, 11) is 13.7. The first-order chi connectivity index (χ1) is 6.33. The van der Waals surface area contributed by atoms with Crippen molar-refractivity contribution in [2.45, 2.75) is 0 Å². The number of hydrogen-bond donors (Lipinski definition) is 2. The number of hydrogen-bond acceptors (Lipinski definition) is 2. The molecule has 15 heavy (non-hydrogen) atoms. The van der Waals surface area contributed by atoms with Crippen molar-refractivity contribution in [2.24, 2.45) is 0 Å². The van der Waals surface area contributed by atoms with Gasteiger partial charge in [0, 0.05) is 0 Å². The first-order valence-corrected chi connectivity index (χ1v) is 5.02. The van der Waals surface area contributed by atoms with Crippen molar-refractivity contribution in [1.82, 2.24) is 5.53 Å². The molecule has 0 unspecified atom stereocenters. The third-order valence-corrected chi connectivity index (χ3v) is 1.92. The molecule has 0 aliphatic heterocycles. The highest BCUT2D eigenvalue weighted by molar-refractivity contribution is 4.79. The van der Waals surface area contributed by atoms with Crippen LogP contribution in [-0.4, -0.2) is 74.9 Å². The molecule has 0 spiro atoms. The van der Waals surface area contributed by atoms with E-state index in [0.717, 1.165) is 5.70 Å². The van der Waals surface area contributed by atoms with Crippen LogP contribution in [0.2, 0.25) is 0 Å². The predicted molar refractivity (Wildman–Crippen MR) is 61.2 cm³/mol. The molecule has 90 valence electrons. The standard InChI is InChI=1S/C10H27N4O/c1-10(14(7,8)15)9-13(5,6)11-12(2,3)4/h11,15H,1,9H2,2-8H3/q+3. The third kappa shape index (κ3) is 6.59. The lowest BCUT2D eigenvalue weighted by Gasteiger charge is -2.36. The molecule has 0 radical (unpaired) electrons. The van der Waals surface area contributed by atoms with Gasteiger partial charge in [-0.1, -0.05) is 0 Å². The summed E-state index contributed by atoms with van der Waals surface area (Å²) >= 11 is 0. The lowest BCUT2D eigenvalue weighted by Crippen LogP contribution is -2.66. The summed E-state index contributed by atoms with van der Waals surface area (Å²) in [5.41, 5.74) is 4.16. The molecule has 0 aromatic heterocycles. The normalized spacial score (nSPS) is 14.1. The van der Waals surface area contributed by atoms with Gasteiger partial charge in [-0.15, -0.1) is 0 Å². The van der Waals surface area contributed by atoms with Gasteiger partial charge in [0.05, 0.1) is 35.2 Å². The van der Waals surface area contributed by atoms with Crippen LogP contribution in [0.1, 0.15) is 0 Å². The van der Waals surface area contributed by atoms with E-state index in [-0.39, 0.29) is 4.65 Å². The molecule has 0 aliphatic carbocycles. The molecule has 0 aromatic carbocycles. The lowest BCUT2D eigenvalue weighted by atomic mass is 10.4. The molecule has 0 rings (SSSR count). The highest BCUT2D eigenvalue weighted by atomic mass is 16.5. The second-order valence-electron chi connectivity index (χ2n) is 5.92.